The van der Waals surface area contributed by atoms with Crippen molar-refractivity contribution in [1.82, 2.24) is 10.2 Å². The molecule has 5 nitrogen and oxygen atoms in total. The van der Waals surface area contributed by atoms with Gasteiger partial charge in [-0.3, -0.25) is 9.59 Å². The molecule has 196 valence electrons. The largest absolute Gasteiger partial charge is 0.484 e. The Hall–Kier alpha value is -2.64. The maximum Gasteiger partial charge on any atom is 0.261 e. The SMILES string of the molecule is CCCCNC(=O)C(Cc1ccccc1)N(Cc1ccc(Br)cc1)C(=O)COc1cc(C)c(Br)c(C)c1. The molecule has 0 spiro atoms. The second-order valence-corrected chi connectivity index (χ2v) is 10.9. The zero-order valence-corrected chi connectivity index (χ0v) is 24.8. The first-order valence-electron chi connectivity index (χ1n) is 12.5. The zero-order chi connectivity index (χ0) is 26.8. The summed E-state index contributed by atoms with van der Waals surface area (Å²) in [4.78, 5) is 28.8. The number of hydrogen-bond acceptors (Lipinski definition) is 3. The fourth-order valence-electron chi connectivity index (χ4n) is 4.06. The van der Waals surface area contributed by atoms with Gasteiger partial charge in [-0.25, -0.2) is 0 Å². The number of aryl methyl sites for hydroxylation is 2. The molecule has 0 bridgehead atoms. The summed E-state index contributed by atoms with van der Waals surface area (Å²) in [5.74, 6) is 0.230. The summed E-state index contributed by atoms with van der Waals surface area (Å²) in [6.07, 6.45) is 2.28. The van der Waals surface area contributed by atoms with Crippen LogP contribution in [0.3, 0.4) is 0 Å². The van der Waals surface area contributed by atoms with Crippen molar-refractivity contribution in [2.24, 2.45) is 0 Å². The van der Waals surface area contributed by atoms with E-state index in [1.807, 2.05) is 80.6 Å². The van der Waals surface area contributed by atoms with Gasteiger partial charge in [-0.2, -0.15) is 0 Å². The fraction of sp³-hybridized carbons (Fsp3) is 0.333. The van der Waals surface area contributed by atoms with E-state index in [1.165, 1.54) is 0 Å². The standard InChI is InChI=1S/C30H34Br2N2O3/c1-4-5-15-33-30(36)27(18-23-9-7-6-8-10-23)34(19-24-11-13-25(31)14-12-24)28(35)20-37-26-16-21(2)29(32)22(3)17-26/h6-14,16-17,27H,4-5,15,18-20H2,1-3H3,(H,33,36). The number of ether oxygens (including phenoxy) is 1. The van der Waals surface area contributed by atoms with E-state index in [1.54, 1.807) is 4.90 Å². The van der Waals surface area contributed by atoms with Gasteiger partial charge in [0.2, 0.25) is 5.91 Å². The quantitative estimate of drug-likeness (QED) is 0.225. The van der Waals surface area contributed by atoms with Gasteiger partial charge in [0.1, 0.15) is 11.8 Å². The summed E-state index contributed by atoms with van der Waals surface area (Å²) in [6.45, 7) is 6.77. The van der Waals surface area contributed by atoms with E-state index in [0.29, 0.717) is 25.3 Å². The predicted octanol–water partition coefficient (Wildman–Crippen LogP) is 6.76. The molecule has 37 heavy (non-hydrogen) atoms. The molecule has 0 aliphatic heterocycles. The monoisotopic (exact) mass is 628 g/mol. The molecule has 1 unspecified atom stereocenters. The van der Waals surface area contributed by atoms with Crippen LogP contribution in [-0.4, -0.2) is 35.9 Å². The van der Waals surface area contributed by atoms with E-state index >= 15 is 0 Å². The molecule has 0 aromatic heterocycles. The molecular weight excluding hydrogens is 596 g/mol. The number of carbonyl (C=O) groups is 2. The summed E-state index contributed by atoms with van der Waals surface area (Å²) >= 11 is 7.04. The lowest BCUT2D eigenvalue weighted by atomic mass is 10.0. The number of benzene rings is 3. The summed E-state index contributed by atoms with van der Waals surface area (Å²) in [5.41, 5.74) is 4.00. The Bertz CT molecular complexity index is 1160. The summed E-state index contributed by atoms with van der Waals surface area (Å²) in [5, 5.41) is 3.04. The molecule has 0 aliphatic rings. The van der Waals surface area contributed by atoms with Gasteiger partial charge in [-0.1, -0.05) is 87.7 Å². The van der Waals surface area contributed by atoms with Crippen LogP contribution in [-0.2, 0) is 22.6 Å². The van der Waals surface area contributed by atoms with Crippen LogP contribution in [0.5, 0.6) is 5.75 Å². The Balaban J connectivity index is 1.89. The highest BCUT2D eigenvalue weighted by molar-refractivity contribution is 9.10. The minimum absolute atomic E-state index is 0.155. The van der Waals surface area contributed by atoms with Crippen molar-refractivity contribution in [1.29, 1.82) is 0 Å². The highest BCUT2D eigenvalue weighted by Gasteiger charge is 2.30. The van der Waals surface area contributed by atoms with Gasteiger partial charge in [0, 0.05) is 28.5 Å². The lowest BCUT2D eigenvalue weighted by Crippen LogP contribution is -2.51. The first-order chi connectivity index (χ1) is 17.8. The smallest absolute Gasteiger partial charge is 0.261 e. The third-order valence-electron chi connectivity index (χ3n) is 6.14. The Kier molecular flexibility index (Phi) is 11.2. The van der Waals surface area contributed by atoms with Gasteiger partial charge in [0.05, 0.1) is 0 Å². The Morgan fingerprint density at radius 2 is 1.59 bits per heavy atom. The number of halogens is 2. The van der Waals surface area contributed by atoms with Gasteiger partial charge < -0.3 is 15.0 Å². The zero-order valence-electron chi connectivity index (χ0n) is 21.6. The van der Waals surface area contributed by atoms with Crippen molar-refractivity contribution in [2.75, 3.05) is 13.2 Å². The maximum absolute atomic E-state index is 13.7. The molecule has 0 heterocycles. The number of amides is 2. The van der Waals surface area contributed by atoms with Crippen molar-refractivity contribution >= 4 is 43.7 Å². The number of unbranched alkanes of at least 4 members (excludes halogenated alkanes) is 1. The lowest BCUT2D eigenvalue weighted by molar-refractivity contribution is -0.142. The summed E-state index contributed by atoms with van der Waals surface area (Å²) < 4.78 is 7.93. The third kappa shape index (κ3) is 8.71. The third-order valence-corrected chi connectivity index (χ3v) is 7.92. The number of nitrogens with zero attached hydrogens (tertiary/aromatic N) is 1. The van der Waals surface area contributed by atoms with E-state index in [4.69, 9.17) is 4.74 Å². The molecule has 3 aromatic carbocycles. The second kappa shape index (κ2) is 14.3. The molecule has 7 heteroatoms. The van der Waals surface area contributed by atoms with Crippen LogP contribution in [0.1, 0.15) is 42.0 Å². The van der Waals surface area contributed by atoms with Gasteiger partial charge in [-0.05, 0) is 66.8 Å². The first-order valence-corrected chi connectivity index (χ1v) is 14.1. The van der Waals surface area contributed by atoms with E-state index in [-0.39, 0.29) is 18.4 Å². The van der Waals surface area contributed by atoms with Crippen molar-refractivity contribution in [3.05, 3.63) is 97.9 Å². The maximum atomic E-state index is 13.7. The minimum atomic E-state index is -0.674. The van der Waals surface area contributed by atoms with Crippen LogP contribution >= 0.6 is 31.9 Å². The summed E-state index contributed by atoms with van der Waals surface area (Å²) in [7, 11) is 0. The number of hydrogen-bond donors (Lipinski definition) is 1. The lowest BCUT2D eigenvalue weighted by Gasteiger charge is -2.31. The highest BCUT2D eigenvalue weighted by atomic mass is 79.9. The summed E-state index contributed by atoms with van der Waals surface area (Å²) in [6, 6.07) is 20.7. The average molecular weight is 630 g/mol. The highest BCUT2D eigenvalue weighted by Crippen LogP contribution is 2.26. The van der Waals surface area contributed by atoms with Crippen LogP contribution in [0.25, 0.3) is 0 Å². The number of carbonyl (C=O) groups excluding carboxylic acids is 2. The Morgan fingerprint density at radius 1 is 0.946 bits per heavy atom. The number of rotatable bonds is 12. The van der Waals surface area contributed by atoms with Crippen LogP contribution < -0.4 is 10.1 Å². The Morgan fingerprint density at radius 3 is 2.22 bits per heavy atom. The molecule has 3 rings (SSSR count). The van der Waals surface area contributed by atoms with Crippen LogP contribution in [0.4, 0.5) is 0 Å². The first kappa shape index (κ1) is 28.9. The second-order valence-electron chi connectivity index (χ2n) is 9.16. The van der Waals surface area contributed by atoms with Crippen molar-refractivity contribution in [3.63, 3.8) is 0 Å². The van der Waals surface area contributed by atoms with Gasteiger partial charge in [0.15, 0.2) is 6.61 Å². The van der Waals surface area contributed by atoms with E-state index in [0.717, 1.165) is 44.0 Å². The van der Waals surface area contributed by atoms with Gasteiger partial charge in [0.25, 0.3) is 5.91 Å². The predicted molar refractivity (Wildman–Crippen MR) is 156 cm³/mol. The van der Waals surface area contributed by atoms with E-state index < -0.39 is 6.04 Å². The minimum Gasteiger partial charge on any atom is -0.484 e. The molecule has 0 radical (unpaired) electrons. The molecule has 1 N–H and O–H groups in total. The Labute approximate surface area is 236 Å². The van der Waals surface area contributed by atoms with Gasteiger partial charge in [-0.15, -0.1) is 0 Å². The fourth-order valence-corrected chi connectivity index (χ4v) is 4.56. The van der Waals surface area contributed by atoms with Crippen LogP contribution in [0.15, 0.2) is 75.7 Å². The molecule has 3 aromatic rings. The molecule has 1 atom stereocenters. The molecule has 0 saturated heterocycles. The van der Waals surface area contributed by atoms with Crippen molar-refractivity contribution in [3.8, 4) is 5.75 Å². The molecule has 0 fully saturated rings. The van der Waals surface area contributed by atoms with Crippen molar-refractivity contribution in [2.45, 2.75) is 52.6 Å². The van der Waals surface area contributed by atoms with Crippen molar-refractivity contribution < 1.29 is 14.3 Å². The molecular formula is C30H34Br2N2O3. The molecule has 0 aliphatic carbocycles. The molecule has 0 saturated carbocycles. The van der Waals surface area contributed by atoms with Crippen LogP contribution in [0, 0.1) is 13.8 Å². The average Bonchev–Trinajstić information content (AvgIpc) is 2.89. The number of nitrogens with one attached hydrogen (secondary N) is 1. The topological polar surface area (TPSA) is 58.6 Å². The normalized spacial score (nSPS) is 11.6. The van der Waals surface area contributed by atoms with Gasteiger partial charge >= 0.3 is 0 Å². The van der Waals surface area contributed by atoms with E-state index in [9.17, 15) is 9.59 Å². The van der Waals surface area contributed by atoms with E-state index in [2.05, 4.69) is 44.1 Å². The van der Waals surface area contributed by atoms with Crippen LogP contribution in [0.2, 0.25) is 0 Å². The molecule has 2 amide bonds.